The summed E-state index contributed by atoms with van der Waals surface area (Å²) in [7, 11) is 0. The third kappa shape index (κ3) is 2.65. The lowest BCUT2D eigenvalue weighted by Gasteiger charge is -2.13. The predicted octanol–water partition coefficient (Wildman–Crippen LogP) is 2.51. The fraction of sp³-hybridized carbons (Fsp3) is 0.500. The minimum atomic E-state index is -2.77. The van der Waals surface area contributed by atoms with Gasteiger partial charge in [-0.3, -0.25) is 9.48 Å². The van der Waals surface area contributed by atoms with E-state index in [1.54, 1.807) is 0 Å². The largest absolute Gasteiger partial charge is 0.481 e. The lowest BCUT2D eigenvalue weighted by atomic mass is 10.2. The Morgan fingerprint density at radius 2 is 2.33 bits per heavy atom. The van der Waals surface area contributed by atoms with E-state index in [4.69, 9.17) is 16.7 Å². The van der Waals surface area contributed by atoms with E-state index >= 15 is 0 Å². The van der Waals surface area contributed by atoms with Gasteiger partial charge >= 0.3 is 5.97 Å². The Morgan fingerprint density at radius 1 is 1.73 bits per heavy atom. The number of carboxylic acid groups (broad SMARTS) is 1. The van der Waals surface area contributed by atoms with Crippen LogP contribution in [0, 0.1) is 0 Å². The van der Waals surface area contributed by atoms with Crippen molar-refractivity contribution in [1.29, 1.82) is 0 Å². The number of hydrogen-bond acceptors (Lipinski definition) is 2. The van der Waals surface area contributed by atoms with Crippen LogP contribution in [0.5, 0.6) is 0 Å². The predicted molar refractivity (Wildman–Crippen MR) is 49.2 cm³/mol. The summed E-state index contributed by atoms with van der Waals surface area (Å²) >= 11 is 5.51. The Bertz CT molecular complexity index is 368. The van der Waals surface area contributed by atoms with Crippen molar-refractivity contribution >= 4 is 17.6 Å². The van der Waals surface area contributed by atoms with Crippen molar-refractivity contribution in [3.63, 3.8) is 0 Å². The summed E-state index contributed by atoms with van der Waals surface area (Å²) in [5.41, 5.74) is -0.439. The molecular weight excluding hydrogens is 230 g/mol. The number of alkyl halides is 2. The zero-order valence-corrected chi connectivity index (χ0v) is 8.58. The van der Waals surface area contributed by atoms with E-state index < -0.39 is 24.1 Å². The first-order valence-corrected chi connectivity index (χ1v) is 4.54. The van der Waals surface area contributed by atoms with E-state index in [1.807, 2.05) is 0 Å². The van der Waals surface area contributed by atoms with Crippen molar-refractivity contribution in [1.82, 2.24) is 9.78 Å². The smallest absolute Gasteiger partial charge is 0.305 e. The highest BCUT2D eigenvalue weighted by Crippen LogP contribution is 2.29. The number of halogens is 3. The van der Waals surface area contributed by atoms with Crippen LogP contribution >= 0.6 is 11.6 Å². The van der Waals surface area contributed by atoms with Crippen molar-refractivity contribution in [3.05, 3.63) is 16.9 Å². The van der Waals surface area contributed by atoms with Crippen molar-refractivity contribution in [2.75, 3.05) is 0 Å². The summed E-state index contributed by atoms with van der Waals surface area (Å²) in [6, 6.07) is -0.654. The van der Waals surface area contributed by atoms with Gasteiger partial charge < -0.3 is 5.11 Å². The molecule has 0 aromatic carbocycles. The summed E-state index contributed by atoms with van der Waals surface area (Å²) in [4.78, 5) is 10.4. The summed E-state index contributed by atoms with van der Waals surface area (Å²) < 4.78 is 26.0. The van der Waals surface area contributed by atoms with Crippen molar-refractivity contribution in [3.8, 4) is 0 Å². The molecule has 1 aromatic rings. The Balaban J connectivity index is 2.98. The molecule has 0 amide bonds. The van der Waals surface area contributed by atoms with Gasteiger partial charge in [0.15, 0.2) is 0 Å². The minimum absolute atomic E-state index is 0.151. The molecule has 84 valence electrons. The summed E-state index contributed by atoms with van der Waals surface area (Å²) in [5, 5.41) is 12.0. The Labute approximate surface area is 89.5 Å². The van der Waals surface area contributed by atoms with Gasteiger partial charge in [-0.25, -0.2) is 8.78 Å². The van der Waals surface area contributed by atoms with Gasteiger partial charge in [-0.1, -0.05) is 11.6 Å². The first-order chi connectivity index (χ1) is 6.93. The maximum absolute atomic E-state index is 12.5. The van der Waals surface area contributed by atoms with Gasteiger partial charge in [0.2, 0.25) is 0 Å². The van der Waals surface area contributed by atoms with Gasteiger partial charge in [0.25, 0.3) is 6.43 Å². The molecule has 1 heterocycles. The zero-order chi connectivity index (χ0) is 11.6. The Morgan fingerprint density at radius 3 is 2.80 bits per heavy atom. The quantitative estimate of drug-likeness (QED) is 0.877. The number of aromatic nitrogens is 2. The number of rotatable bonds is 4. The van der Waals surface area contributed by atoms with Crippen molar-refractivity contribution < 1.29 is 18.7 Å². The molecule has 1 atom stereocenters. The highest BCUT2D eigenvalue weighted by molar-refractivity contribution is 6.31. The second-order valence-corrected chi connectivity index (χ2v) is 3.48. The molecule has 7 heteroatoms. The normalized spacial score (nSPS) is 13.1. The van der Waals surface area contributed by atoms with E-state index in [0.717, 1.165) is 10.9 Å². The highest BCUT2D eigenvalue weighted by atomic mass is 35.5. The summed E-state index contributed by atoms with van der Waals surface area (Å²) in [5.74, 6) is -1.07. The van der Waals surface area contributed by atoms with E-state index in [2.05, 4.69) is 5.10 Å². The number of aliphatic carboxylic acids is 1. The van der Waals surface area contributed by atoms with Gasteiger partial charge in [-0.05, 0) is 6.92 Å². The first kappa shape index (κ1) is 11.9. The van der Waals surface area contributed by atoms with Gasteiger partial charge in [0.1, 0.15) is 5.69 Å². The lowest BCUT2D eigenvalue weighted by molar-refractivity contribution is -0.137. The molecule has 0 bridgehead atoms. The Hall–Kier alpha value is -1.17. The van der Waals surface area contributed by atoms with Crippen LogP contribution in [-0.4, -0.2) is 20.9 Å². The maximum Gasteiger partial charge on any atom is 0.305 e. The van der Waals surface area contributed by atoms with E-state index in [1.165, 1.54) is 6.92 Å². The van der Waals surface area contributed by atoms with Crippen molar-refractivity contribution in [2.24, 2.45) is 0 Å². The second-order valence-electron chi connectivity index (χ2n) is 3.07. The first-order valence-electron chi connectivity index (χ1n) is 4.16. The molecule has 0 radical (unpaired) electrons. The van der Waals surface area contributed by atoms with Gasteiger partial charge in [0.05, 0.1) is 23.7 Å². The van der Waals surface area contributed by atoms with Gasteiger partial charge in [-0.2, -0.15) is 5.10 Å². The monoisotopic (exact) mass is 238 g/mol. The number of hydrogen-bond donors (Lipinski definition) is 1. The molecule has 15 heavy (non-hydrogen) atoms. The Kier molecular flexibility index (Phi) is 3.62. The summed E-state index contributed by atoms with van der Waals surface area (Å²) in [6.07, 6.45) is -1.96. The molecule has 0 saturated heterocycles. The second kappa shape index (κ2) is 4.57. The highest BCUT2D eigenvalue weighted by Gasteiger charge is 2.23. The fourth-order valence-corrected chi connectivity index (χ4v) is 1.46. The van der Waals surface area contributed by atoms with Crippen LogP contribution in [0.4, 0.5) is 8.78 Å². The topological polar surface area (TPSA) is 55.1 Å². The van der Waals surface area contributed by atoms with Gasteiger partial charge in [-0.15, -0.1) is 0 Å². The van der Waals surface area contributed by atoms with E-state index in [0.29, 0.717) is 0 Å². The third-order valence-corrected chi connectivity index (χ3v) is 2.17. The van der Waals surface area contributed by atoms with Crippen LogP contribution in [0.1, 0.15) is 31.5 Å². The third-order valence-electron chi connectivity index (χ3n) is 1.88. The van der Waals surface area contributed by atoms with Crippen LogP contribution in [0.15, 0.2) is 6.20 Å². The molecule has 1 N–H and O–H groups in total. The molecule has 0 saturated carbocycles. The minimum Gasteiger partial charge on any atom is -0.481 e. The molecule has 0 spiro atoms. The molecule has 0 aliphatic rings. The van der Waals surface area contributed by atoms with Crippen LogP contribution in [-0.2, 0) is 4.79 Å². The zero-order valence-electron chi connectivity index (χ0n) is 7.82. The molecule has 1 rings (SSSR count). The van der Waals surface area contributed by atoms with Crippen LogP contribution in [0.25, 0.3) is 0 Å². The lowest BCUT2D eigenvalue weighted by Crippen LogP contribution is -2.14. The van der Waals surface area contributed by atoms with Crippen molar-refractivity contribution in [2.45, 2.75) is 25.8 Å². The number of carbonyl (C=O) groups is 1. The maximum atomic E-state index is 12.5. The van der Waals surface area contributed by atoms with Crippen LogP contribution < -0.4 is 0 Å². The summed E-state index contributed by atoms with van der Waals surface area (Å²) in [6.45, 7) is 1.49. The molecule has 1 aromatic heterocycles. The molecule has 0 aliphatic heterocycles. The molecule has 0 aliphatic carbocycles. The number of carboxylic acids is 1. The van der Waals surface area contributed by atoms with Crippen LogP contribution in [0.2, 0.25) is 5.02 Å². The SMILES string of the molecule is CC(CC(=O)O)n1ncc(Cl)c1C(F)F. The molecule has 1 unspecified atom stereocenters. The van der Waals surface area contributed by atoms with E-state index in [9.17, 15) is 13.6 Å². The molecular formula is C8H9ClF2N2O2. The number of nitrogens with zero attached hydrogens (tertiary/aromatic N) is 2. The average Bonchev–Trinajstić information content (AvgIpc) is 2.45. The molecule has 0 fully saturated rings. The average molecular weight is 239 g/mol. The van der Waals surface area contributed by atoms with E-state index in [-0.39, 0.29) is 11.4 Å². The van der Waals surface area contributed by atoms with Crippen LogP contribution in [0.3, 0.4) is 0 Å². The van der Waals surface area contributed by atoms with Gasteiger partial charge in [0, 0.05) is 0 Å². The molecule has 4 nitrogen and oxygen atoms in total. The standard InChI is InChI=1S/C8H9ClF2N2O2/c1-4(2-6(14)15)13-7(8(10)11)5(9)3-12-13/h3-4,8H,2H2,1H3,(H,14,15). The fourth-order valence-electron chi connectivity index (χ4n) is 1.25.